The Labute approximate surface area is 224 Å². The molecule has 1 fully saturated rings. The van der Waals surface area contributed by atoms with E-state index in [1.54, 1.807) is 15.6 Å². The van der Waals surface area contributed by atoms with Crippen molar-refractivity contribution in [2.45, 2.75) is 31.1 Å². The molecule has 0 bridgehead atoms. The van der Waals surface area contributed by atoms with E-state index in [2.05, 4.69) is 5.32 Å². The smallest absolute Gasteiger partial charge is 0.240 e. The van der Waals surface area contributed by atoms with Gasteiger partial charge in [0.25, 0.3) is 0 Å². The lowest BCUT2D eigenvalue weighted by molar-refractivity contribution is -0.123. The number of aromatic nitrogens is 2. The molecule has 4 aromatic rings. The van der Waals surface area contributed by atoms with Gasteiger partial charge in [0.2, 0.25) is 11.8 Å². The van der Waals surface area contributed by atoms with E-state index >= 15 is 0 Å². The van der Waals surface area contributed by atoms with Crippen LogP contribution in [-0.4, -0.2) is 39.9 Å². The zero-order valence-electron chi connectivity index (χ0n) is 20.9. The Morgan fingerprint density at radius 1 is 1.05 bits per heavy atom. The lowest BCUT2D eigenvalue weighted by Gasteiger charge is -2.23. The molecule has 1 N–H and O–H groups in total. The number of carbonyl (C=O) groups is 2. The molecule has 0 radical (unpaired) electrons. The van der Waals surface area contributed by atoms with Crippen molar-refractivity contribution in [2.24, 2.45) is 0 Å². The molecule has 1 aliphatic carbocycles. The first-order valence-electron chi connectivity index (χ1n) is 12.7. The minimum atomic E-state index is -0.365. The zero-order chi connectivity index (χ0) is 26.2. The lowest BCUT2D eigenvalue weighted by Crippen LogP contribution is -2.43. The summed E-state index contributed by atoms with van der Waals surface area (Å²) in [6.45, 7) is 1.90. The monoisotopic (exact) mass is 526 g/mol. The highest BCUT2D eigenvalue weighted by Crippen LogP contribution is 2.48. The molecule has 2 amide bonds. The number of rotatable bonds is 6. The van der Waals surface area contributed by atoms with Gasteiger partial charge in [0.1, 0.15) is 18.2 Å². The van der Waals surface area contributed by atoms with E-state index in [9.17, 15) is 14.0 Å². The molecule has 38 heavy (non-hydrogen) atoms. The highest BCUT2D eigenvalue weighted by molar-refractivity contribution is 8.00. The van der Waals surface area contributed by atoms with E-state index in [4.69, 9.17) is 5.10 Å². The molecule has 1 atom stereocenters. The molecule has 1 aliphatic heterocycles. The van der Waals surface area contributed by atoms with Crippen LogP contribution in [-0.2, 0) is 9.59 Å². The second-order valence-electron chi connectivity index (χ2n) is 9.77. The molecule has 0 unspecified atom stereocenters. The number of benzene rings is 3. The standard InChI is InChI=1S/C30H27FN4O2S/c1-19-10-14-24(15-11-19)35-30-27(28(33-35)20-6-3-2-4-7-20)29(21-8-5-9-22(31)16-21)38-18-26(37)34(30)17-25(36)32-23-12-13-23/h2-11,14-16,23,29H,12-13,17-18H2,1H3,(H,32,36)/t29-/m1/s1. The fraction of sp³-hybridized carbons (Fsp3) is 0.233. The van der Waals surface area contributed by atoms with E-state index in [1.807, 2.05) is 67.6 Å². The highest BCUT2D eigenvalue weighted by Gasteiger charge is 2.38. The van der Waals surface area contributed by atoms with Crippen molar-refractivity contribution in [3.8, 4) is 16.9 Å². The Kier molecular flexibility index (Phi) is 6.49. The van der Waals surface area contributed by atoms with Crippen molar-refractivity contribution in [3.05, 3.63) is 101 Å². The summed E-state index contributed by atoms with van der Waals surface area (Å²) in [6.07, 6.45) is 1.92. The third kappa shape index (κ3) is 4.84. The van der Waals surface area contributed by atoms with E-state index in [-0.39, 0.29) is 41.2 Å². The summed E-state index contributed by atoms with van der Waals surface area (Å²) in [5.74, 6) is -0.0294. The summed E-state index contributed by atoms with van der Waals surface area (Å²) in [7, 11) is 0. The third-order valence-corrected chi connectivity index (χ3v) is 8.07. The van der Waals surface area contributed by atoms with Crippen LogP contribution in [0.4, 0.5) is 10.2 Å². The van der Waals surface area contributed by atoms with Crippen molar-refractivity contribution in [1.82, 2.24) is 15.1 Å². The highest BCUT2D eigenvalue weighted by atomic mass is 32.2. The summed E-state index contributed by atoms with van der Waals surface area (Å²) >= 11 is 1.43. The molecule has 6 nitrogen and oxygen atoms in total. The fourth-order valence-corrected chi connectivity index (χ4v) is 5.96. The lowest BCUT2D eigenvalue weighted by atomic mass is 9.99. The second-order valence-corrected chi connectivity index (χ2v) is 10.9. The molecule has 0 saturated heterocycles. The van der Waals surface area contributed by atoms with Gasteiger partial charge in [0.15, 0.2) is 0 Å². The maximum Gasteiger partial charge on any atom is 0.240 e. The first-order valence-corrected chi connectivity index (χ1v) is 13.7. The molecular formula is C30H27FN4O2S. The van der Waals surface area contributed by atoms with E-state index < -0.39 is 0 Å². The number of fused-ring (bicyclic) bond motifs is 1. The first kappa shape index (κ1) is 24.4. The summed E-state index contributed by atoms with van der Waals surface area (Å²) in [6, 6.07) is 24.4. The number of nitrogens with zero attached hydrogens (tertiary/aromatic N) is 3. The number of nitrogens with one attached hydrogen (secondary N) is 1. The second kappa shape index (κ2) is 10.1. The van der Waals surface area contributed by atoms with E-state index in [0.717, 1.165) is 40.8 Å². The fourth-order valence-electron chi connectivity index (χ4n) is 4.77. The van der Waals surface area contributed by atoms with Gasteiger partial charge in [-0.15, -0.1) is 11.8 Å². The molecule has 3 aromatic carbocycles. The Bertz CT molecular complexity index is 1500. The molecule has 192 valence electrons. The average molecular weight is 527 g/mol. The van der Waals surface area contributed by atoms with Crippen molar-refractivity contribution >= 4 is 29.4 Å². The number of hydrogen-bond acceptors (Lipinski definition) is 4. The van der Waals surface area contributed by atoms with Crippen LogP contribution >= 0.6 is 11.8 Å². The predicted molar refractivity (Wildman–Crippen MR) is 148 cm³/mol. The summed E-state index contributed by atoms with van der Waals surface area (Å²) in [5, 5.41) is 7.70. The van der Waals surface area contributed by atoms with Gasteiger partial charge in [-0.25, -0.2) is 9.07 Å². The Balaban J connectivity index is 1.60. The maximum atomic E-state index is 14.4. The first-order chi connectivity index (χ1) is 18.5. The summed E-state index contributed by atoms with van der Waals surface area (Å²) in [4.78, 5) is 28.2. The molecule has 1 saturated carbocycles. The number of hydrogen-bond donors (Lipinski definition) is 1. The van der Waals surface area contributed by atoms with Crippen molar-refractivity contribution in [1.29, 1.82) is 0 Å². The molecule has 0 spiro atoms. The quantitative estimate of drug-likeness (QED) is 0.364. The van der Waals surface area contributed by atoms with E-state index in [1.165, 1.54) is 23.9 Å². The Morgan fingerprint density at radius 2 is 1.82 bits per heavy atom. The van der Waals surface area contributed by atoms with Gasteiger partial charge in [0.05, 0.1) is 22.4 Å². The average Bonchev–Trinajstić information content (AvgIpc) is 3.67. The zero-order valence-corrected chi connectivity index (χ0v) is 21.7. The van der Waals surface area contributed by atoms with Crippen LogP contribution in [0.1, 0.15) is 34.8 Å². The van der Waals surface area contributed by atoms with Crippen LogP contribution in [0, 0.1) is 12.7 Å². The van der Waals surface area contributed by atoms with E-state index in [0.29, 0.717) is 11.5 Å². The molecule has 2 aliphatic rings. The van der Waals surface area contributed by atoms with Gasteiger partial charge in [-0.1, -0.05) is 60.2 Å². The van der Waals surface area contributed by atoms with Crippen molar-refractivity contribution < 1.29 is 14.0 Å². The summed E-state index contributed by atoms with van der Waals surface area (Å²) < 4.78 is 16.2. The minimum absolute atomic E-state index is 0.107. The predicted octanol–water partition coefficient (Wildman–Crippen LogP) is 5.43. The van der Waals surface area contributed by atoms with Crippen LogP contribution in [0.25, 0.3) is 16.9 Å². The van der Waals surface area contributed by atoms with Gasteiger partial charge in [-0.3, -0.25) is 14.5 Å². The van der Waals surface area contributed by atoms with Gasteiger partial charge in [-0.2, -0.15) is 5.10 Å². The number of anilines is 1. The maximum absolute atomic E-state index is 14.4. The number of halogens is 1. The van der Waals surface area contributed by atoms with Gasteiger partial charge < -0.3 is 5.32 Å². The molecule has 8 heteroatoms. The minimum Gasteiger partial charge on any atom is -0.352 e. The van der Waals surface area contributed by atoms with Crippen LogP contribution in [0.3, 0.4) is 0 Å². The third-order valence-electron chi connectivity index (χ3n) is 6.81. The van der Waals surface area contributed by atoms with Crippen molar-refractivity contribution in [3.63, 3.8) is 0 Å². The van der Waals surface area contributed by atoms with Gasteiger partial charge >= 0.3 is 0 Å². The number of thioether (sulfide) groups is 1. The SMILES string of the molecule is Cc1ccc(-n2nc(-c3ccccc3)c3c2N(CC(=O)NC2CC2)C(=O)CS[C@@H]3c2cccc(F)c2)cc1. The molecule has 2 heterocycles. The molecule has 1 aromatic heterocycles. The van der Waals surface area contributed by atoms with Crippen LogP contribution < -0.4 is 10.2 Å². The van der Waals surface area contributed by atoms with Crippen LogP contribution in [0.2, 0.25) is 0 Å². The van der Waals surface area contributed by atoms with Gasteiger partial charge in [0, 0.05) is 17.2 Å². The molecular weight excluding hydrogens is 499 g/mol. The largest absolute Gasteiger partial charge is 0.352 e. The Hall–Kier alpha value is -3.91. The van der Waals surface area contributed by atoms with Gasteiger partial charge in [-0.05, 0) is 49.6 Å². The summed E-state index contributed by atoms with van der Waals surface area (Å²) in [5.41, 5.74) is 4.99. The number of carbonyl (C=O) groups excluding carboxylic acids is 2. The normalized spacial score (nSPS) is 17.2. The van der Waals surface area contributed by atoms with Crippen LogP contribution in [0.5, 0.6) is 0 Å². The van der Waals surface area contributed by atoms with Crippen LogP contribution in [0.15, 0.2) is 78.9 Å². The number of aryl methyl sites for hydroxylation is 1. The topological polar surface area (TPSA) is 67.2 Å². The van der Waals surface area contributed by atoms with Crippen molar-refractivity contribution in [2.75, 3.05) is 17.2 Å². The number of amides is 2. The molecule has 6 rings (SSSR count). The Morgan fingerprint density at radius 3 is 2.53 bits per heavy atom.